The van der Waals surface area contributed by atoms with Gasteiger partial charge in [0.1, 0.15) is 5.75 Å². The van der Waals surface area contributed by atoms with Gasteiger partial charge >= 0.3 is 18.1 Å². The number of carbonyl (C=O) groups excluding carboxylic acids is 6. The van der Waals surface area contributed by atoms with Gasteiger partial charge < -0.3 is 20.7 Å². The van der Waals surface area contributed by atoms with Crippen molar-refractivity contribution >= 4 is 67.2 Å². The molecule has 0 bridgehead atoms. The molecule has 2 unspecified atom stereocenters. The van der Waals surface area contributed by atoms with Crippen LogP contribution in [0.25, 0.3) is 0 Å². The minimum atomic E-state index is -4.48. The van der Waals surface area contributed by atoms with E-state index in [0.717, 1.165) is 105 Å². The number of nitrogens with zero attached hydrogens (tertiary/aromatic N) is 6. The van der Waals surface area contributed by atoms with Crippen LogP contribution in [0, 0.1) is 5.92 Å². The number of amides is 9. The number of fused-ring (bicyclic) bond motifs is 5. The first-order chi connectivity index (χ1) is 38.6. The number of sulfonamides is 2. The Kier molecular flexibility index (Phi) is 14.2. The smallest absolute Gasteiger partial charge is 0.333 e. The van der Waals surface area contributed by atoms with Crippen LogP contribution in [0.5, 0.6) is 5.75 Å². The summed E-state index contributed by atoms with van der Waals surface area (Å²) in [6.07, 6.45) is 9.75. The number of ether oxygens (including phenoxy) is 1. The fourth-order valence-electron chi connectivity index (χ4n) is 13.1. The summed E-state index contributed by atoms with van der Waals surface area (Å²) in [5.74, 6) is -0.554. The number of urea groups is 3. The van der Waals surface area contributed by atoms with Gasteiger partial charge in [-0.1, -0.05) is 25.1 Å². The first-order valence-electron chi connectivity index (χ1n) is 27.5. The number of hydrogen-bond donors (Lipinski definition) is 5. The molecule has 0 spiro atoms. The van der Waals surface area contributed by atoms with Gasteiger partial charge in [-0.3, -0.25) is 33.5 Å². The van der Waals surface area contributed by atoms with E-state index >= 15 is 0 Å². The summed E-state index contributed by atoms with van der Waals surface area (Å²) < 4.78 is 67.1. The van der Waals surface area contributed by atoms with Crippen molar-refractivity contribution in [1.29, 1.82) is 0 Å². The average Bonchev–Trinajstić information content (AvgIpc) is 4.50. The van der Waals surface area contributed by atoms with Crippen LogP contribution >= 0.6 is 0 Å². The van der Waals surface area contributed by atoms with Crippen molar-refractivity contribution < 1.29 is 50.3 Å². The Bertz CT molecular complexity index is 3800. The van der Waals surface area contributed by atoms with E-state index in [2.05, 4.69) is 47.7 Å². The summed E-state index contributed by atoms with van der Waals surface area (Å²) in [6.45, 7) is 7.41. The first-order valence-corrected chi connectivity index (χ1v) is 30.4. The lowest BCUT2D eigenvalue weighted by Gasteiger charge is -2.37. The van der Waals surface area contributed by atoms with Crippen LogP contribution < -0.4 is 30.1 Å². The highest BCUT2D eigenvalue weighted by atomic mass is 32.2. The van der Waals surface area contributed by atoms with Crippen molar-refractivity contribution in [2.75, 3.05) is 37.4 Å². The van der Waals surface area contributed by atoms with Crippen molar-refractivity contribution in [1.82, 2.24) is 44.1 Å². The Morgan fingerprint density at radius 1 is 0.765 bits per heavy atom. The van der Waals surface area contributed by atoms with Crippen molar-refractivity contribution in [3.63, 3.8) is 0 Å². The van der Waals surface area contributed by atoms with E-state index in [-0.39, 0.29) is 55.4 Å². The fourth-order valence-corrected chi connectivity index (χ4v) is 14.9. The number of aromatic nitrogens is 4. The standard InChI is InChI=1S/C57H65N11O11S2/c1-7-38-31(2)30-68(51(38)69)56(74)58-20-18-36-28-48(61-65(36)5)81(77,78)64-54(72)59-49-41-13-9-11-33(41)26-44-39(15-16-42(44)49)35-25-34-24-32-10-8-12-40(32)50(43(34)27-35)60-55(73)63-80(75,76)47-19-21-66(62-47)22-23-67-52(70)45-29-37(79-6)14-17-46(45)57(3,4)53(67)71/h14,17,19,21,24,26,28-29,35,39H,7-13,15-16,18,20,22-23,25,27,30H2,1-6H3,(H,58,74)(H2,59,64,72)(H2,60,63,73). The molecule has 0 saturated heterocycles. The molecule has 6 aliphatic rings. The van der Waals surface area contributed by atoms with Gasteiger partial charge in [0.15, 0.2) is 10.1 Å². The Labute approximate surface area is 469 Å². The minimum Gasteiger partial charge on any atom is -0.497 e. The predicted octanol–water partition coefficient (Wildman–Crippen LogP) is 5.85. The quantitative estimate of drug-likeness (QED) is 0.0771. The molecule has 5 aromatic rings. The lowest BCUT2D eigenvalue weighted by atomic mass is 9.77. The molecule has 2 aliphatic heterocycles. The maximum Gasteiger partial charge on any atom is 0.333 e. The summed E-state index contributed by atoms with van der Waals surface area (Å²) in [5, 5.41) is 16.2. The fraction of sp³-hybridized carbons (Fsp3) is 0.439. The molecule has 22 nitrogen and oxygen atoms in total. The second kappa shape index (κ2) is 20.9. The van der Waals surface area contributed by atoms with Gasteiger partial charge in [0, 0.05) is 67.0 Å². The van der Waals surface area contributed by atoms with Gasteiger partial charge in [-0.15, -0.1) is 0 Å². The molecule has 2 atom stereocenters. The van der Waals surface area contributed by atoms with Crippen molar-refractivity contribution in [3.05, 3.63) is 121 Å². The molecule has 426 valence electrons. The number of imide groups is 2. The van der Waals surface area contributed by atoms with E-state index in [1.165, 1.54) is 34.8 Å². The Morgan fingerprint density at radius 3 is 2.12 bits per heavy atom. The summed E-state index contributed by atoms with van der Waals surface area (Å²) >= 11 is 0. The van der Waals surface area contributed by atoms with E-state index in [1.54, 1.807) is 39.1 Å². The molecule has 0 saturated carbocycles. The molecule has 4 heterocycles. The molecule has 9 amide bonds. The first kappa shape index (κ1) is 55.1. The van der Waals surface area contributed by atoms with Crippen LogP contribution in [0.4, 0.5) is 25.8 Å². The van der Waals surface area contributed by atoms with E-state index < -0.39 is 60.4 Å². The van der Waals surface area contributed by atoms with Crippen LogP contribution in [-0.2, 0) is 100 Å². The average molecular weight is 1140 g/mol. The normalized spacial score (nSPS) is 18.9. The predicted molar refractivity (Wildman–Crippen MR) is 297 cm³/mol. The topological polar surface area (TPSA) is 282 Å². The summed E-state index contributed by atoms with van der Waals surface area (Å²) in [7, 11) is -5.86. The van der Waals surface area contributed by atoms with Gasteiger partial charge in [0.05, 0.1) is 25.6 Å². The second-order valence-electron chi connectivity index (χ2n) is 22.4. The van der Waals surface area contributed by atoms with Gasteiger partial charge in [-0.05, 0) is 177 Å². The number of methoxy groups -OCH3 is 1. The van der Waals surface area contributed by atoms with Gasteiger partial charge in [-0.2, -0.15) is 27.0 Å². The van der Waals surface area contributed by atoms with E-state index in [9.17, 15) is 45.6 Å². The van der Waals surface area contributed by atoms with Gasteiger partial charge in [-0.25, -0.2) is 23.8 Å². The zero-order valence-corrected chi connectivity index (χ0v) is 47.7. The van der Waals surface area contributed by atoms with Crippen LogP contribution in [0.1, 0.15) is 125 Å². The molecule has 5 N–H and O–H groups in total. The molecular weight excluding hydrogens is 1080 g/mol. The number of rotatable bonds is 15. The number of anilines is 2. The Balaban J connectivity index is 0.738. The summed E-state index contributed by atoms with van der Waals surface area (Å²) in [6, 6.07) is 9.70. The Hall–Kier alpha value is -7.86. The minimum absolute atomic E-state index is 0.00636. The van der Waals surface area contributed by atoms with Crippen molar-refractivity contribution in [3.8, 4) is 5.75 Å². The number of hydrogen-bond acceptors (Lipinski definition) is 13. The lowest BCUT2D eigenvalue weighted by Crippen LogP contribution is -2.52. The third-order valence-electron chi connectivity index (χ3n) is 17.2. The molecule has 81 heavy (non-hydrogen) atoms. The molecule has 4 aliphatic carbocycles. The molecule has 0 fully saturated rings. The van der Waals surface area contributed by atoms with E-state index in [4.69, 9.17) is 4.74 Å². The SMILES string of the molecule is CCC1=C(C)CN(C(=O)NCCc2cc(S(=O)(=O)NC(=O)Nc3c4c(cc5c3CCC5C3Cc5cc6c(c(NC(=O)NS(=O)(=O)c7ccn(CCN8C(=O)c9cc(OC)ccc9C(C)(C)C8=O)n7)c5C3)CCC6)CCC4)nn2C)C1=O. The van der Waals surface area contributed by atoms with Crippen LogP contribution in [0.2, 0.25) is 0 Å². The van der Waals surface area contributed by atoms with Crippen LogP contribution in [0.3, 0.4) is 0 Å². The lowest BCUT2D eigenvalue weighted by molar-refractivity contribution is -0.134. The third kappa shape index (κ3) is 10.0. The van der Waals surface area contributed by atoms with Gasteiger partial charge in [0.2, 0.25) is 5.91 Å². The number of carbonyl (C=O) groups is 6. The van der Waals surface area contributed by atoms with Crippen molar-refractivity contribution in [2.24, 2.45) is 13.0 Å². The zero-order valence-electron chi connectivity index (χ0n) is 46.1. The molecular formula is C57H65N11O11S2. The van der Waals surface area contributed by atoms with E-state index in [1.807, 2.05) is 13.8 Å². The highest BCUT2D eigenvalue weighted by Gasteiger charge is 2.45. The molecule has 3 aromatic carbocycles. The second-order valence-corrected chi connectivity index (χ2v) is 25.7. The zero-order chi connectivity index (χ0) is 57.4. The third-order valence-corrected chi connectivity index (χ3v) is 19.6. The largest absolute Gasteiger partial charge is 0.497 e. The van der Waals surface area contributed by atoms with Crippen LogP contribution in [0.15, 0.2) is 69.9 Å². The molecule has 0 radical (unpaired) electrons. The molecule has 24 heteroatoms. The number of aryl methyl sites for hydroxylation is 3. The van der Waals surface area contributed by atoms with Crippen molar-refractivity contribution in [2.45, 2.75) is 133 Å². The summed E-state index contributed by atoms with van der Waals surface area (Å²) in [5.41, 5.74) is 11.4. The number of nitrogens with one attached hydrogen (secondary N) is 5. The highest BCUT2D eigenvalue weighted by Crippen LogP contribution is 2.51. The maximum atomic E-state index is 13.8. The van der Waals surface area contributed by atoms with E-state index in [0.29, 0.717) is 65.2 Å². The monoisotopic (exact) mass is 1140 g/mol. The van der Waals surface area contributed by atoms with Crippen LogP contribution in [-0.4, -0.2) is 109 Å². The highest BCUT2D eigenvalue weighted by molar-refractivity contribution is 7.90. The molecule has 2 aromatic heterocycles. The Morgan fingerprint density at radius 2 is 1.44 bits per heavy atom. The maximum absolute atomic E-state index is 13.8. The number of benzene rings is 3. The summed E-state index contributed by atoms with van der Waals surface area (Å²) in [4.78, 5) is 82.5. The molecule has 11 rings (SSSR count). The van der Waals surface area contributed by atoms with Gasteiger partial charge in [0.25, 0.3) is 31.9 Å².